The molecule has 0 fully saturated rings. The molecule has 0 aromatic heterocycles. The van der Waals surface area contributed by atoms with Gasteiger partial charge in [0.1, 0.15) is 6.29 Å². The third-order valence-electron chi connectivity index (χ3n) is 1.41. The van der Waals surface area contributed by atoms with Crippen molar-refractivity contribution in [2.24, 2.45) is 0 Å². The minimum atomic E-state index is -0.147. The molecular weight excluding hydrogens is 211 g/mol. The van der Waals surface area contributed by atoms with Gasteiger partial charge >= 0.3 is 0 Å². The van der Waals surface area contributed by atoms with E-state index < -0.39 is 0 Å². The van der Waals surface area contributed by atoms with Crippen molar-refractivity contribution in [3.8, 4) is 5.75 Å². The van der Waals surface area contributed by atoms with Gasteiger partial charge < -0.3 is 5.11 Å². The zero-order valence-corrected chi connectivity index (χ0v) is 8.01. The van der Waals surface area contributed by atoms with Gasteiger partial charge in [-0.1, -0.05) is 29.3 Å². The Bertz CT molecular complexity index is 336. The first-order chi connectivity index (χ1) is 6.15. The van der Waals surface area contributed by atoms with Gasteiger partial charge in [0.05, 0.1) is 10.0 Å². The van der Waals surface area contributed by atoms with E-state index in [9.17, 15) is 9.90 Å². The van der Waals surface area contributed by atoms with Crippen molar-refractivity contribution < 1.29 is 9.90 Å². The van der Waals surface area contributed by atoms with Gasteiger partial charge in [0.15, 0.2) is 5.75 Å². The van der Waals surface area contributed by atoms with Gasteiger partial charge in [0.2, 0.25) is 0 Å². The quantitative estimate of drug-likeness (QED) is 0.610. The largest absolute Gasteiger partial charge is 0.505 e. The summed E-state index contributed by atoms with van der Waals surface area (Å²) in [4.78, 5) is 10.0. The van der Waals surface area contributed by atoms with E-state index in [-0.39, 0.29) is 15.8 Å². The van der Waals surface area contributed by atoms with Crippen LogP contribution in [0.15, 0.2) is 18.2 Å². The van der Waals surface area contributed by atoms with Crippen LogP contribution in [0.1, 0.15) is 5.56 Å². The van der Waals surface area contributed by atoms with Gasteiger partial charge in [0.25, 0.3) is 0 Å². The van der Waals surface area contributed by atoms with E-state index in [0.29, 0.717) is 11.8 Å². The predicted molar refractivity (Wildman–Crippen MR) is 53.2 cm³/mol. The first kappa shape index (κ1) is 10.1. The summed E-state index contributed by atoms with van der Waals surface area (Å²) in [5, 5.41) is 9.53. The number of phenols is 1. The normalized spacial score (nSPS) is 10.6. The molecule has 4 heteroatoms. The van der Waals surface area contributed by atoms with Crippen molar-refractivity contribution >= 4 is 35.6 Å². The van der Waals surface area contributed by atoms with Crippen LogP contribution in [-0.2, 0) is 4.79 Å². The minimum Gasteiger partial charge on any atom is -0.505 e. The highest BCUT2D eigenvalue weighted by molar-refractivity contribution is 6.37. The molecule has 1 rings (SSSR count). The maximum Gasteiger partial charge on any atom is 0.152 e. The average molecular weight is 217 g/mol. The van der Waals surface area contributed by atoms with Gasteiger partial charge in [-0.05, 0) is 23.8 Å². The van der Waals surface area contributed by atoms with Gasteiger partial charge in [-0.15, -0.1) is 0 Å². The van der Waals surface area contributed by atoms with E-state index in [2.05, 4.69) is 0 Å². The predicted octanol–water partition coefficient (Wildman–Crippen LogP) is 2.91. The van der Waals surface area contributed by atoms with Crippen molar-refractivity contribution in [3.63, 3.8) is 0 Å². The molecule has 0 saturated carbocycles. The van der Waals surface area contributed by atoms with Gasteiger partial charge in [-0.25, -0.2) is 0 Å². The second-order valence-electron chi connectivity index (χ2n) is 2.33. The number of benzene rings is 1. The molecule has 0 aliphatic rings. The summed E-state index contributed by atoms with van der Waals surface area (Å²) in [6, 6.07) is 3.03. The number of halogens is 2. The number of allylic oxidation sites excluding steroid dienone is 1. The highest BCUT2D eigenvalue weighted by Crippen LogP contribution is 2.32. The molecule has 0 atom stereocenters. The molecule has 0 bridgehead atoms. The molecule has 68 valence electrons. The maximum atomic E-state index is 10.0. The van der Waals surface area contributed by atoms with E-state index in [1.54, 1.807) is 6.08 Å². The monoisotopic (exact) mass is 216 g/mol. The Balaban J connectivity index is 3.12. The summed E-state index contributed by atoms with van der Waals surface area (Å²) in [7, 11) is 0. The fourth-order valence-electron chi connectivity index (χ4n) is 0.832. The summed E-state index contributed by atoms with van der Waals surface area (Å²) in [5.41, 5.74) is 0.667. The van der Waals surface area contributed by atoms with Crippen LogP contribution in [0.4, 0.5) is 0 Å². The van der Waals surface area contributed by atoms with Crippen LogP contribution < -0.4 is 0 Å². The lowest BCUT2D eigenvalue weighted by Crippen LogP contribution is -1.76. The summed E-state index contributed by atoms with van der Waals surface area (Å²) >= 11 is 11.3. The highest BCUT2D eigenvalue weighted by atomic mass is 35.5. The lowest BCUT2D eigenvalue weighted by atomic mass is 10.2. The van der Waals surface area contributed by atoms with Crippen molar-refractivity contribution in [2.45, 2.75) is 0 Å². The smallest absolute Gasteiger partial charge is 0.152 e. The van der Waals surface area contributed by atoms with E-state index in [0.717, 1.165) is 0 Å². The molecular formula is C9H6Cl2O2. The highest BCUT2D eigenvalue weighted by Gasteiger charge is 2.04. The number of phenolic OH excluding ortho intramolecular Hbond substituents is 1. The number of hydrogen-bond donors (Lipinski definition) is 1. The summed E-state index contributed by atoms with van der Waals surface area (Å²) in [5.74, 6) is -0.147. The topological polar surface area (TPSA) is 37.3 Å². The average Bonchev–Trinajstić information content (AvgIpc) is 2.10. The molecule has 0 amide bonds. The van der Waals surface area contributed by atoms with Crippen molar-refractivity contribution in [2.75, 3.05) is 0 Å². The van der Waals surface area contributed by atoms with Crippen LogP contribution in [0.5, 0.6) is 5.75 Å². The van der Waals surface area contributed by atoms with E-state index in [1.165, 1.54) is 18.2 Å². The molecule has 0 spiro atoms. The van der Waals surface area contributed by atoms with Crippen LogP contribution in [0.3, 0.4) is 0 Å². The Labute approximate surface area is 85.4 Å². The fourth-order valence-corrected chi connectivity index (χ4v) is 1.34. The molecule has 13 heavy (non-hydrogen) atoms. The summed E-state index contributed by atoms with van der Waals surface area (Å²) < 4.78 is 0. The zero-order valence-electron chi connectivity index (χ0n) is 6.50. The zero-order chi connectivity index (χ0) is 9.84. The third-order valence-corrected chi connectivity index (χ3v) is 1.98. The minimum absolute atomic E-state index is 0.147. The van der Waals surface area contributed by atoms with Gasteiger partial charge in [0, 0.05) is 0 Å². The van der Waals surface area contributed by atoms with Crippen LogP contribution in [-0.4, -0.2) is 11.4 Å². The molecule has 1 aromatic carbocycles. The molecule has 1 N–H and O–H groups in total. The molecule has 0 radical (unpaired) electrons. The van der Waals surface area contributed by atoms with Gasteiger partial charge in [-0.3, -0.25) is 4.79 Å². The molecule has 0 aliphatic heterocycles. The van der Waals surface area contributed by atoms with Crippen LogP contribution in [0.2, 0.25) is 10.0 Å². The second-order valence-corrected chi connectivity index (χ2v) is 3.14. The summed E-state index contributed by atoms with van der Waals surface area (Å²) in [6.45, 7) is 0. The Kier molecular flexibility index (Phi) is 3.34. The third kappa shape index (κ3) is 2.47. The molecule has 0 aliphatic carbocycles. The van der Waals surface area contributed by atoms with Gasteiger partial charge in [-0.2, -0.15) is 0 Å². The van der Waals surface area contributed by atoms with E-state index >= 15 is 0 Å². The first-order valence-electron chi connectivity index (χ1n) is 3.45. The van der Waals surface area contributed by atoms with Crippen molar-refractivity contribution in [1.82, 2.24) is 0 Å². The second kappa shape index (κ2) is 4.30. The number of rotatable bonds is 2. The van der Waals surface area contributed by atoms with E-state index in [1.807, 2.05) is 0 Å². The Morgan fingerprint density at radius 1 is 1.23 bits per heavy atom. The van der Waals surface area contributed by atoms with Crippen LogP contribution in [0, 0.1) is 0 Å². The molecule has 0 unspecified atom stereocenters. The molecule has 2 nitrogen and oxygen atoms in total. The Hall–Kier alpha value is -0.990. The standard InChI is InChI=1S/C9H6Cl2O2/c10-7-4-6(2-1-3-12)5-8(11)9(7)13/h1-5,13H. The summed E-state index contributed by atoms with van der Waals surface area (Å²) in [6.07, 6.45) is 3.51. The number of carbonyl (C=O) groups excluding carboxylic acids is 1. The molecule has 0 heterocycles. The lowest BCUT2D eigenvalue weighted by molar-refractivity contribution is -0.104. The molecule has 1 aromatic rings. The number of hydrogen-bond acceptors (Lipinski definition) is 2. The number of aldehydes is 1. The lowest BCUT2D eigenvalue weighted by Gasteiger charge is -2.00. The molecule has 0 saturated heterocycles. The Morgan fingerprint density at radius 3 is 2.23 bits per heavy atom. The Morgan fingerprint density at radius 2 is 1.77 bits per heavy atom. The SMILES string of the molecule is O=CC=Cc1cc(Cl)c(O)c(Cl)c1. The first-order valence-corrected chi connectivity index (χ1v) is 4.20. The van der Waals surface area contributed by atoms with E-state index in [4.69, 9.17) is 23.2 Å². The number of aromatic hydroxyl groups is 1. The van der Waals surface area contributed by atoms with Crippen molar-refractivity contribution in [3.05, 3.63) is 33.8 Å². The van der Waals surface area contributed by atoms with Crippen LogP contribution in [0.25, 0.3) is 6.08 Å². The fraction of sp³-hybridized carbons (Fsp3) is 0. The van der Waals surface area contributed by atoms with Crippen LogP contribution >= 0.6 is 23.2 Å². The van der Waals surface area contributed by atoms with Crippen molar-refractivity contribution in [1.29, 1.82) is 0 Å². The number of carbonyl (C=O) groups is 1. The maximum absolute atomic E-state index is 10.0.